The Labute approximate surface area is 130 Å². The van der Waals surface area contributed by atoms with Crippen LogP contribution in [0.5, 0.6) is 0 Å². The molecule has 1 saturated carbocycles. The van der Waals surface area contributed by atoms with Gasteiger partial charge in [-0.25, -0.2) is 4.98 Å². The van der Waals surface area contributed by atoms with Crippen LogP contribution in [0.2, 0.25) is 0 Å². The molecule has 3 heterocycles. The van der Waals surface area contributed by atoms with Crippen molar-refractivity contribution in [1.29, 1.82) is 0 Å². The van der Waals surface area contributed by atoms with Gasteiger partial charge in [-0.2, -0.15) is 0 Å². The number of ether oxygens (including phenoxy) is 1. The number of aromatic nitrogens is 2. The first-order chi connectivity index (χ1) is 10.9. The number of imidazole rings is 1. The van der Waals surface area contributed by atoms with E-state index in [0.29, 0.717) is 5.92 Å². The Kier molecular flexibility index (Phi) is 3.99. The number of hydrogen-bond acceptors (Lipinski definition) is 4. The van der Waals surface area contributed by atoms with Crippen molar-refractivity contribution in [2.24, 2.45) is 11.8 Å². The zero-order valence-corrected chi connectivity index (χ0v) is 12.9. The van der Waals surface area contributed by atoms with Crippen LogP contribution in [0.25, 0.3) is 0 Å². The summed E-state index contributed by atoms with van der Waals surface area (Å²) in [6.07, 6.45) is 10.2. The van der Waals surface area contributed by atoms with E-state index in [1.54, 1.807) is 6.26 Å². The van der Waals surface area contributed by atoms with Crippen molar-refractivity contribution in [3.8, 4) is 0 Å². The highest BCUT2D eigenvalue weighted by Gasteiger charge is 2.25. The Balaban J connectivity index is 1.42. The van der Waals surface area contributed by atoms with Gasteiger partial charge in [0.15, 0.2) is 0 Å². The second-order valence-corrected chi connectivity index (χ2v) is 6.69. The van der Waals surface area contributed by atoms with Gasteiger partial charge in [0.2, 0.25) is 0 Å². The van der Waals surface area contributed by atoms with Gasteiger partial charge in [-0.15, -0.1) is 0 Å². The second kappa shape index (κ2) is 6.26. The summed E-state index contributed by atoms with van der Waals surface area (Å²) in [6, 6.07) is 2.04. The van der Waals surface area contributed by atoms with Crippen LogP contribution < -0.4 is 0 Å². The molecule has 0 unspecified atom stereocenters. The molecule has 2 aliphatic rings. The Morgan fingerprint density at radius 1 is 1.23 bits per heavy atom. The number of rotatable bonds is 6. The highest BCUT2D eigenvalue weighted by molar-refractivity contribution is 5.07. The Hall–Kier alpha value is -1.59. The zero-order chi connectivity index (χ0) is 14.8. The van der Waals surface area contributed by atoms with E-state index < -0.39 is 0 Å². The average Bonchev–Trinajstić information content (AvgIpc) is 3.06. The van der Waals surface area contributed by atoms with Crippen LogP contribution in [0.15, 0.2) is 35.5 Å². The van der Waals surface area contributed by atoms with Gasteiger partial charge in [0, 0.05) is 50.5 Å². The van der Waals surface area contributed by atoms with Crippen molar-refractivity contribution in [3.63, 3.8) is 0 Å². The summed E-state index contributed by atoms with van der Waals surface area (Å²) in [5.74, 6) is 1.35. The van der Waals surface area contributed by atoms with Crippen molar-refractivity contribution in [1.82, 2.24) is 14.5 Å². The average molecular weight is 301 g/mol. The maximum Gasteiger partial charge on any atom is 0.0948 e. The van der Waals surface area contributed by atoms with E-state index in [1.165, 1.54) is 24.1 Å². The summed E-state index contributed by atoms with van der Waals surface area (Å²) < 4.78 is 13.4. The lowest BCUT2D eigenvalue weighted by molar-refractivity contribution is 0.0704. The third kappa shape index (κ3) is 3.42. The van der Waals surface area contributed by atoms with Gasteiger partial charge in [0.05, 0.1) is 31.2 Å². The summed E-state index contributed by atoms with van der Waals surface area (Å²) in [5.41, 5.74) is 2.51. The summed E-state index contributed by atoms with van der Waals surface area (Å²) in [4.78, 5) is 6.78. The lowest BCUT2D eigenvalue weighted by atomic mass is 10.1. The van der Waals surface area contributed by atoms with Crippen molar-refractivity contribution in [2.75, 3.05) is 19.8 Å². The molecule has 5 nitrogen and oxygen atoms in total. The van der Waals surface area contributed by atoms with Crippen molar-refractivity contribution in [3.05, 3.63) is 42.4 Å². The fraction of sp³-hybridized carbons (Fsp3) is 0.588. The largest absolute Gasteiger partial charge is 0.472 e. The standard InChI is InChI=1S/C17H23N3O2/c1-2-14(1)10-22-12-16-7-19(6-15-3-4-21-11-15)9-17-5-18-13-20(17)8-16/h3-5,11,13-14,16H,1-2,6-10,12H2/t16-/m1/s1. The minimum atomic E-state index is 0.515. The van der Waals surface area contributed by atoms with Gasteiger partial charge >= 0.3 is 0 Å². The van der Waals surface area contributed by atoms with E-state index in [0.717, 1.165) is 45.3 Å². The van der Waals surface area contributed by atoms with E-state index >= 15 is 0 Å². The van der Waals surface area contributed by atoms with Crippen LogP contribution in [-0.4, -0.2) is 34.2 Å². The van der Waals surface area contributed by atoms with Gasteiger partial charge in [0.25, 0.3) is 0 Å². The molecule has 5 heteroatoms. The zero-order valence-electron chi connectivity index (χ0n) is 12.9. The molecule has 1 atom stereocenters. The van der Waals surface area contributed by atoms with Gasteiger partial charge in [-0.05, 0) is 24.8 Å². The minimum absolute atomic E-state index is 0.515. The number of hydrogen-bond donors (Lipinski definition) is 0. The highest BCUT2D eigenvalue weighted by Crippen LogP contribution is 2.29. The molecule has 22 heavy (non-hydrogen) atoms. The predicted octanol–water partition coefficient (Wildman–Crippen LogP) is 2.53. The van der Waals surface area contributed by atoms with Crippen molar-refractivity contribution >= 4 is 0 Å². The molecular weight excluding hydrogens is 278 g/mol. The summed E-state index contributed by atoms with van der Waals surface area (Å²) in [5, 5.41) is 0. The maximum atomic E-state index is 5.95. The van der Waals surface area contributed by atoms with E-state index in [4.69, 9.17) is 9.15 Å². The first-order valence-electron chi connectivity index (χ1n) is 8.17. The van der Waals surface area contributed by atoms with Crippen LogP contribution in [-0.2, 0) is 24.4 Å². The fourth-order valence-corrected chi connectivity index (χ4v) is 3.19. The number of fused-ring (bicyclic) bond motifs is 1. The van der Waals surface area contributed by atoms with Crippen molar-refractivity contribution in [2.45, 2.75) is 32.5 Å². The van der Waals surface area contributed by atoms with E-state index in [1.807, 2.05) is 24.9 Å². The van der Waals surface area contributed by atoms with E-state index in [9.17, 15) is 0 Å². The first kappa shape index (κ1) is 14.0. The highest BCUT2D eigenvalue weighted by atomic mass is 16.5. The lowest BCUT2D eigenvalue weighted by Crippen LogP contribution is -2.30. The molecule has 0 radical (unpaired) electrons. The Bertz CT molecular complexity index is 589. The first-order valence-corrected chi connectivity index (χ1v) is 8.17. The molecule has 0 saturated heterocycles. The van der Waals surface area contributed by atoms with Crippen LogP contribution >= 0.6 is 0 Å². The molecular formula is C17H23N3O2. The summed E-state index contributed by atoms with van der Waals surface area (Å²) in [6.45, 7) is 5.69. The third-order valence-electron chi connectivity index (χ3n) is 4.55. The Morgan fingerprint density at radius 3 is 2.95 bits per heavy atom. The molecule has 0 spiro atoms. The molecule has 0 N–H and O–H groups in total. The molecule has 0 amide bonds. The topological polar surface area (TPSA) is 43.4 Å². The van der Waals surface area contributed by atoms with E-state index in [-0.39, 0.29) is 0 Å². The molecule has 4 rings (SSSR count). The monoisotopic (exact) mass is 301 g/mol. The number of nitrogens with zero attached hydrogens (tertiary/aromatic N) is 3. The van der Waals surface area contributed by atoms with E-state index in [2.05, 4.69) is 14.5 Å². The maximum absolute atomic E-state index is 5.95. The molecule has 0 aromatic carbocycles. The van der Waals surface area contributed by atoms with Crippen LogP contribution in [0, 0.1) is 11.8 Å². The molecule has 1 aliphatic carbocycles. The summed E-state index contributed by atoms with van der Waals surface area (Å²) in [7, 11) is 0. The lowest BCUT2D eigenvalue weighted by Gasteiger charge is -2.23. The van der Waals surface area contributed by atoms with Gasteiger partial charge in [-0.3, -0.25) is 4.90 Å². The SMILES string of the molecule is c1cc(CN2Cc3cncn3C[C@H](COCC3CC3)C2)co1. The molecule has 0 bridgehead atoms. The molecule has 1 fully saturated rings. The fourth-order valence-electron chi connectivity index (χ4n) is 3.19. The smallest absolute Gasteiger partial charge is 0.0948 e. The van der Waals surface area contributed by atoms with Crippen LogP contribution in [0.3, 0.4) is 0 Å². The normalized spacial score (nSPS) is 22.5. The quantitative estimate of drug-likeness (QED) is 0.822. The Morgan fingerprint density at radius 2 is 2.14 bits per heavy atom. The molecule has 118 valence electrons. The van der Waals surface area contributed by atoms with Crippen molar-refractivity contribution < 1.29 is 9.15 Å². The van der Waals surface area contributed by atoms with Gasteiger partial charge < -0.3 is 13.7 Å². The predicted molar refractivity (Wildman–Crippen MR) is 82.1 cm³/mol. The molecule has 2 aromatic heterocycles. The minimum Gasteiger partial charge on any atom is -0.472 e. The molecule has 1 aliphatic heterocycles. The van der Waals surface area contributed by atoms with Gasteiger partial charge in [-0.1, -0.05) is 0 Å². The third-order valence-corrected chi connectivity index (χ3v) is 4.55. The molecule has 2 aromatic rings. The van der Waals surface area contributed by atoms with Crippen LogP contribution in [0.1, 0.15) is 24.1 Å². The number of furan rings is 1. The second-order valence-electron chi connectivity index (χ2n) is 6.69. The van der Waals surface area contributed by atoms with Gasteiger partial charge in [0.1, 0.15) is 0 Å². The summed E-state index contributed by atoms with van der Waals surface area (Å²) >= 11 is 0. The van der Waals surface area contributed by atoms with Crippen LogP contribution in [0.4, 0.5) is 0 Å².